The number of hydrogen-bond acceptors (Lipinski definition) is 1. The molecular weight excluding hydrogens is 271 g/mol. The summed E-state index contributed by atoms with van der Waals surface area (Å²) < 4.78 is 14.3. The Labute approximate surface area is 103 Å². The topological polar surface area (TPSA) is 20.2 Å². The van der Waals surface area contributed by atoms with E-state index in [4.69, 9.17) is 0 Å². The minimum absolute atomic E-state index is 0.269. The van der Waals surface area contributed by atoms with Gasteiger partial charge < -0.3 is 5.11 Å². The van der Waals surface area contributed by atoms with Crippen molar-refractivity contribution in [3.05, 3.63) is 52.4 Å². The van der Waals surface area contributed by atoms with Gasteiger partial charge >= 0.3 is 0 Å². The molecule has 1 unspecified atom stereocenters. The van der Waals surface area contributed by atoms with Gasteiger partial charge in [0.15, 0.2) is 0 Å². The van der Waals surface area contributed by atoms with Gasteiger partial charge in [-0.2, -0.15) is 0 Å². The van der Waals surface area contributed by atoms with E-state index in [-0.39, 0.29) is 5.56 Å². The molecule has 0 aliphatic carbocycles. The van der Waals surface area contributed by atoms with Crippen molar-refractivity contribution in [2.75, 3.05) is 0 Å². The first-order chi connectivity index (χ1) is 7.38. The molecule has 1 nitrogen and oxygen atoms in total. The van der Waals surface area contributed by atoms with Crippen LogP contribution in [0.5, 0.6) is 0 Å². The van der Waals surface area contributed by atoms with E-state index in [0.29, 0.717) is 0 Å². The lowest BCUT2D eigenvalue weighted by Gasteiger charge is -2.27. The Morgan fingerprint density at radius 1 is 1.56 bits per heavy atom. The second-order valence-corrected chi connectivity index (χ2v) is 5.15. The molecule has 0 saturated carbocycles. The smallest absolute Gasteiger partial charge is 0.129 e. The predicted molar refractivity (Wildman–Crippen MR) is 66.6 cm³/mol. The fourth-order valence-corrected chi connectivity index (χ4v) is 1.85. The third-order valence-electron chi connectivity index (χ3n) is 2.43. The van der Waals surface area contributed by atoms with Crippen molar-refractivity contribution in [2.24, 2.45) is 5.41 Å². The van der Waals surface area contributed by atoms with Crippen LogP contribution in [-0.4, -0.2) is 5.11 Å². The third kappa shape index (κ3) is 2.82. The number of aliphatic hydroxyl groups excluding tert-OH is 1. The Bertz CT molecular complexity index is 434. The van der Waals surface area contributed by atoms with Crippen LogP contribution < -0.4 is 0 Å². The fraction of sp³-hybridized carbons (Fsp3) is 0.308. The van der Waals surface area contributed by atoms with Crippen LogP contribution >= 0.6 is 15.9 Å². The van der Waals surface area contributed by atoms with E-state index >= 15 is 0 Å². The van der Waals surface area contributed by atoms with E-state index in [1.807, 2.05) is 0 Å². The van der Waals surface area contributed by atoms with Gasteiger partial charge in [-0.3, -0.25) is 0 Å². The molecule has 0 aliphatic heterocycles. The van der Waals surface area contributed by atoms with Crippen LogP contribution in [0, 0.1) is 11.2 Å². The van der Waals surface area contributed by atoms with Crippen LogP contribution in [-0.2, 0) is 0 Å². The van der Waals surface area contributed by atoms with Crippen molar-refractivity contribution in [3.8, 4) is 0 Å². The number of aliphatic hydroxyl groups is 1. The lowest BCUT2D eigenvalue weighted by atomic mass is 9.82. The summed E-state index contributed by atoms with van der Waals surface area (Å²) in [5, 5.41) is 10.1. The molecule has 0 heterocycles. The Morgan fingerprint density at radius 3 is 2.75 bits per heavy atom. The molecule has 1 atom stereocenters. The fourth-order valence-electron chi connectivity index (χ4n) is 1.47. The van der Waals surface area contributed by atoms with Gasteiger partial charge in [0, 0.05) is 15.5 Å². The molecular formula is C13H14BrFO. The van der Waals surface area contributed by atoms with Crippen LogP contribution in [0.25, 0.3) is 0 Å². The largest absolute Gasteiger partial charge is 0.387 e. The maximum atomic E-state index is 13.6. The van der Waals surface area contributed by atoms with E-state index < -0.39 is 17.3 Å². The Morgan fingerprint density at radius 2 is 2.19 bits per heavy atom. The third-order valence-corrected chi connectivity index (χ3v) is 2.92. The van der Waals surface area contributed by atoms with Gasteiger partial charge in [-0.05, 0) is 24.3 Å². The summed E-state index contributed by atoms with van der Waals surface area (Å²) in [5.41, 5.74) is 2.29. The van der Waals surface area contributed by atoms with Gasteiger partial charge in [0.25, 0.3) is 0 Å². The van der Waals surface area contributed by atoms with Crippen molar-refractivity contribution in [1.29, 1.82) is 0 Å². The summed E-state index contributed by atoms with van der Waals surface area (Å²) >= 11 is 3.25. The van der Waals surface area contributed by atoms with Crippen LogP contribution in [0.3, 0.4) is 0 Å². The van der Waals surface area contributed by atoms with Crippen molar-refractivity contribution in [2.45, 2.75) is 20.0 Å². The van der Waals surface area contributed by atoms with Gasteiger partial charge in [-0.15, -0.1) is 5.73 Å². The molecule has 0 saturated heterocycles. The van der Waals surface area contributed by atoms with E-state index in [1.54, 1.807) is 32.1 Å². The second-order valence-electron chi connectivity index (χ2n) is 4.24. The molecule has 1 N–H and O–H groups in total. The zero-order chi connectivity index (χ0) is 12.3. The van der Waals surface area contributed by atoms with Gasteiger partial charge in [0.1, 0.15) is 5.82 Å². The molecule has 0 spiro atoms. The highest BCUT2D eigenvalue weighted by atomic mass is 79.9. The van der Waals surface area contributed by atoms with Crippen molar-refractivity contribution in [1.82, 2.24) is 0 Å². The van der Waals surface area contributed by atoms with E-state index in [0.717, 1.165) is 4.47 Å². The normalized spacial score (nSPS) is 13.1. The minimum atomic E-state index is -0.931. The first kappa shape index (κ1) is 13.2. The lowest BCUT2D eigenvalue weighted by molar-refractivity contribution is 0.0786. The quantitative estimate of drug-likeness (QED) is 0.833. The van der Waals surface area contributed by atoms with Crippen LogP contribution in [0.4, 0.5) is 4.39 Å². The van der Waals surface area contributed by atoms with Crippen molar-refractivity contribution in [3.63, 3.8) is 0 Å². The predicted octanol–water partition coefficient (Wildman–Crippen LogP) is 3.99. The number of rotatable bonds is 3. The Kier molecular flexibility index (Phi) is 4.09. The monoisotopic (exact) mass is 284 g/mol. The number of halogens is 2. The molecule has 0 aromatic heterocycles. The summed E-state index contributed by atoms with van der Waals surface area (Å²) in [6.07, 6.45) is 0.706. The van der Waals surface area contributed by atoms with Crippen molar-refractivity contribution < 1.29 is 9.50 Å². The summed E-state index contributed by atoms with van der Waals surface area (Å²) in [6, 6.07) is 4.51. The van der Waals surface area contributed by atoms with Crippen LogP contribution in [0.2, 0.25) is 0 Å². The summed E-state index contributed by atoms with van der Waals surface area (Å²) in [7, 11) is 0. The SMILES string of the molecule is C=C=CC(C)(C)C(O)c1cc(Br)ccc1F. The average Bonchev–Trinajstić information content (AvgIpc) is 2.20. The van der Waals surface area contributed by atoms with E-state index in [1.165, 1.54) is 6.07 Å². The molecule has 0 fully saturated rings. The summed E-state index contributed by atoms with van der Waals surface area (Å²) in [4.78, 5) is 0. The summed E-state index contributed by atoms with van der Waals surface area (Å²) in [6.45, 7) is 7.07. The highest BCUT2D eigenvalue weighted by molar-refractivity contribution is 9.10. The van der Waals surface area contributed by atoms with E-state index in [2.05, 4.69) is 28.2 Å². The zero-order valence-corrected chi connectivity index (χ0v) is 10.9. The van der Waals surface area contributed by atoms with Gasteiger partial charge in [0.05, 0.1) is 6.10 Å². The highest BCUT2D eigenvalue weighted by Gasteiger charge is 2.28. The molecule has 0 aliphatic rings. The second kappa shape index (κ2) is 4.96. The van der Waals surface area contributed by atoms with Gasteiger partial charge in [-0.1, -0.05) is 36.4 Å². The first-order valence-electron chi connectivity index (χ1n) is 4.88. The maximum absolute atomic E-state index is 13.6. The molecule has 0 amide bonds. The van der Waals surface area contributed by atoms with Crippen LogP contribution in [0.1, 0.15) is 25.5 Å². The zero-order valence-electron chi connectivity index (χ0n) is 9.30. The van der Waals surface area contributed by atoms with Crippen LogP contribution in [0.15, 0.2) is 41.1 Å². The lowest BCUT2D eigenvalue weighted by Crippen LogP contribution is -2.20. The van der Waals surface area contributed by atoms with Gasteiger partial charge in [0.2, 0.25) is 0 Å². The summed E-state index contributed by atoms with van der Waals surface area (Å²) in [5.74, 6) is -0.416. The molecule has 1 aromatic carbocycles. The van der Waals surface area contributed by atoms with E-state index in [9.17, 15) is 9.50 Å². The minimum Gasteiger partial charge on any atom is -0.387 e. The number of hydrogen-bond donors (Lipinski definition) is 1. The molecule has 0 bridgehead atoms. The van der Waals surface area contributed by atoms with Crippen molar-refractivity contribution >= 4 is 15.9 Å². The average molecular weight is 285 g/mol. The Balaban J connectivity index is 3.18. The Hall–Kier alpha value is -0.890. The standard InChI is InChI=1S/C13H14BrFO/c1-4-7-13(2,3)12(16)10-8-9(14)5-6-11(10)15/h5-8,12,16H,1H2,2-3H3. The molecule has 86 valence electrons. The molecule has 1 rings (SSSR count). The van der Waals surface area contributed by atoms with Gasteiger partial charge in [-0.25, -0.2) is 4.39 Å². The molecule has 1 aromatic rings. The highest BCUT2D eigenvalue weighted by Crippen LogP contribution is 2.36. The molecule has 0 radical (unpaired) electrons. The number of benzene rings is 1. The molecule has 3 heteroatoms. The maximum Gasteiger partial charge on any atom is 0.129 e. The first-order valence-corrected chi connectivity index (χ1v) is 5.68. The molecule has 16 heavy (non-hydrogen) atoms.